The summed E-state index contributed by atoms with van der Waals surface area (Å²) in [6.07, 6.45) is 0. The van der Waals surface area contributed by atoms with Gasteiger partial charge in [0.15, 0.2) is 13.0 Å². The maximum Gasteiger partial charge on any atom is 0.329 e. The van der Waals surface area contributed by atoms with E-state index >= 15 is 0 Å². The van der Waals surface area contributed by atoms with Crippen LogP contribution in [-0.2, 0) is 13.6 Å². The number of nitrogens with zero attached hydrogens (tertiary/aromatic N) is 4. The minimum Gasteiger partial charge on any atom is -0.539 e. The van der Waals surface area contributed by atoms with Crippen LogP contribution in [0.3, 0.4) is 0 Å². The minimum atomic E-state index is -0.540. The monoisotopic (exact) mass is 368 g/mol. The van der Waals surface area contributed by atoms with E-state index in [1.165, 1.54) is 9.58 Å². The molecule has 7 nitrogen and oxygen atoms in total. The smallest absolute Gasteiger partial charge is 0.329 e. The van der Waals surface area contributed by atoms with Crippen molar-refractivity contribution in [3.05, 3.63) is 54.2 Å². The van der Waals surface area contributed by atoms with Crippen molar-refractivity contribution < 1.29 is 19.1 Å². The van der Waals surface area contributed by atoms with Crippen LogP contribution in [0.5, 0.6) is 5.95 Å². The molecular weight excluding hydrogens is 352 g/mol. The van der Waals surface area contributed by atoms with Crippen LogP contribution in [0.4, 0.5) is 16.2 Å². The second-order valence-corrected chi connectivity index (χ2v) is 7.03. The van der Waals surface area contributed by atoms with Crippen molar-refractivity contribution in [2.24, 2.45) is 7.05 Å². The standard InChI is InChI=1S/C18H16N4O3S/c1-20(11-14-17(23)25-19-21(14)2)18(24)22-12-7-3-5-9-15(12)26-16-10-6-4-8-13(16)22/h3-10H,11H2,1-2H3. The van der Waals surface area contributed by atoms with Gasteiger partial charge >= 0.3 is 6.03 Å². The van der Waals surface area contributed by atoms with Crippen LogP contribution >= 0.6 is 11.8 Å². The van der Waals surface area contributed by atoms with Crippen LogP contribution in [0.15, 0.2) is 62.8 Å². The van der Waals surface area contributed by atoms with Gasteiger partial charge in [-0.05, 0) is 24.3 Å². The number of rotatable bonds is 2. The van der Waals surface area contributed by atoms with Gasteiger partial charge in [-0.1, -0.05) is 40.7 Å². The van der Waals surface area contributed by atoms with Crippen LogP contribution in [0.2, 0.25) is 0 Å². The van der Waals surface area contributed by atoms with Gasteiger partial charge in [-0.3, -0.25) is 4.90 Å². The Kier molecular flexibility index (Phi) is 4.04. The lowest BCUT2D eigenvalue weighted by Gasteiger charge is -2.33. The molecule has 0 fully saturated rings. The van der Waals surface area contributed by atoms with E-state index in [1.54, 1.807) is 30.8 Å². The maximum absolute atomic E-state index is 13.3. The number of aromatic nitrogens is 2. The summed E-state index contributed by atoms with van der Waals surface area (Å²) in [4.78, 5) is 18.4. The molecule has 132 valence electrons. The predicted molar refractivity (Wildman–Crippen MR) is 93.1 cm³/mol. The highest BCUT2D eigenvalue weighted by Crippen LogP contribution is 2.48. The molecule has 0 aliphatic carbocycles. The van der Waals surface area contributed by atoms with E-state index in [0.29, 0.717) is 5.69 Å². The molecule has 8 heteroatoms. The average molecular weight is 368 g/mol. The first-order chi connectivity index (χ1) is 12.6. The second-order valence-electron chi connectivity index (χ2n) is 5.94. The van der Waals surface area contributed by atoms with Gasteiger partial charge < -0.3 is 14.5 Å². The summed E-state index contributed by atoms with van der Waals surface area (Å²) in [5.41, 5.74) is 1.96. The zero-order valence-corrected chi connectivity index (χ0v) is 15.1. The maximum atomic E-state index is 13.3. The molecule has 1 aliphatic heterocycles. The van der Waals surface area contributed by atoms with Gasteiger partial charge in [-0.2, -0.15) is 0 Å². The first-order valence-corrected chi connectivity index (χ1v) is 8.81. The normalized spacial score (nSPS) is 12.5. The third-order valence-corrected chi connectivity index (χ3v) is 5.34. The van der Waals surface area contributed by atoms with Gasteiger partial charge in [0.05, 0.1) is 16.6 Å². The third kappa shape index (κ3) is 2.68. The number of anilines is 2. The molecule has 4 rings (SSSR count). The molecule has 0 unspecified atom stereocenters. The van der Waals surface area contributed by atoms with Gasteiger partial charge in [0, 0.05) is 16.8 Å². The summed E-state index contributed by atoms with van der Waals surface area (Å²) in [5, 5.41) is 15.4. The van der Waals surface area contributed by atoms with Gasteiger partial charge in [0.25, 0.3) is 5.69 Å². The summed E-state index contributed by atoms with van der Waals surface area (Å²) in [6.45, 7) is 0.103. The molecule has 3 aromatic rings. The van der Waals surface area contributed by atoms with Crippen molar-refractivity contribution in [2.75, 3.05) is 11.9 Å². The number of carbonyl (C=O) groups is 1. The van der Waals surface area contributed by atoms with Crippen molar-refractivity contribution in [1.82, 2.24) is 10.2 Å². The Morgan fingerprint density at radius 3 is 2.31 bits per heavy atom. The van der Waals surface area contributed by atoms with E-state index in [2.05, 4.69) is 9.79 Å². The number of amides is 2. The van der Waals surface area contributed by atoms with E-state index in [-0.39, 0.29) is 12.6 Å². The van der Waals surface area contributed by atoms with Crippen molar-refractivity contribution >= 4 is 29.2 Å². The Morgan fingerprint density at radius 2 is 1.77 bits per heavy atom. The van der Waals surface area contributed by atoms with E-state index in [9.17, 15) is 9.90 Å². The topological polar surface area (TPSA) is 76.5 Å². The van der Waals surface area contributed by atoms with E-state index < -0.39 is 5.95 Å². The fraction of sp³-hybridized carbons (Fsp3) is 0.167. The Morgan fingerprint density at radius 1 is 1.19 bits per heavy atom. The number of para-hydroxylation sites is 2. The molecule has 0 atom stereocenters. The molecule has 1 aliphatic rings. The lowest BCUT2D eigenvalue weighted by molar-refractivity contribution is -0.746. The number of benzene rings is 2. The van der Waals surface area contributed by atoms with Crippen LogP contribution in [0.25, 0.3) is 0 Å². The Hall–Kier alpha value is -3.00. The highest BCUT2D eigenvalue weighted by atomic mass is 32.2. The Balaban J connectivity index is 1.71. The summed E-state index contributed by atoms with van der Waals surface area (Å²) >= 11 is 1.63. The van der Waals surface area contributed by atoms with Crippen LogP contribution in [0.1, 0.15) is 5.69 Å². The van der Waals surface area contributed by atoms with Gasteiger partial charge in [-0.15, -0.1) is 0 Å². The molecule has 26 heavy (non-hydrogen) atoms. The number of fused-ring (bicyclic) bond motifs is 2. The van der Waals surface area contributed by atoms with Crippen molar-refractivity contribution in [1.29, 1.82) is 0 Å². The molecular formula is C18H16N4O3S. The van der Waals surface area contributed by atoms with Gasteiger partial charge in [0.2, 0.25) is 0 Å². The predicted octanol–water partition coefficient (Wildman–Crippen LogP) is 2.43. The summed E-state index contributed by atoms with van der Waals surface area (Å²) < 4.78 is 5.98. The SMILES string of the molecule is CN(Cc1c([O-])on[n+]1C)C(=O)N1c2ccccc2Sc2ccccc21. The number of hydrogen-bond donors (Lipinski definition) is 0. The van der Waals surface area contributed by atoms with Crippen molar-refractivity contribution in [3.8, 4) is 5.95 Å². The van der Waals surface area contributed by atoms with Crippen molar-refractivity contribution in [2.45, 2.75) is 16.3 Å². The highest BCUT2D eigenvalue weighted by Gasteiger charge is 2.31. The molecule has 2 aromatic carbocycles. The molecule has 0 saturated carbocycles. The molecule has 0 radical (unpaired) electrons. The number of hydrogen-bond acceptors (Lipinski definition) is 5. The number of aryl methyl sites for hydroxylation is 1. The third-order valence-electron chi connectivity index (χ3n) is 4.21. The van der Waals surface area contributed by atoms with Gasteiger partial charge in [0.1, 0.15) is 6.54 Å². The Labute approximate surface area is 154 Å². The molecule has 2 amide bonds. The minimum absolute atomic E-state index is 0.103. The zero-order valence-electron chi connectivity index (χ0n) is 14.2. The fourth-order valence-electron chi connectivity index (χ4n) is 2.87. The largest absolute Gasteiger partial charge is 0.539 e. The number of carbonyl (C=O) groups excluding carboxylic acids is 1. The average Bonchev–Trinajstić information content (AvgIpc) is 2.97. The Bertz CT molecular complexity index is 923. The van der Waals surface area contributed by atoms with E-state index in [1.807, 2.05) is 48.5 Å². The first-order valence-electron chi connectivity index (χ1n) is 7.99. The van der Waals surface area contributed by atoms with Crippen LogP contribution in [-0.4, -0.2) is 23.3 Å². The molecule has 0 bridgehead atoms. The number of urea groups is 1. The van der Waals surface area contributed by atoms with E-state index in [0.717, 1.165) is 21.2 Å². The lowest BCUT2D eigenvalue weighted by atomic mass is 10.2. The fourth-order valence-corrected chi connectivity index (χ4v) is 3.93. The first kappa shape index (κ1) is 16.5. The van der Waals surface area contributed by atoms with Gasteiger partial charge in [-0.25, -0.2) is 4.79 Å². The lowest BCUT2D eigenvalue weighted by Crippen LogP contribution is -2.43. The molecule has 0 N–H and O–H groups in total. The second kappa shape index (κ2) is 6.38. The zero-order chi connectivity index (χ0) is 18.3. The quantitative estimate of drug-likeness (QED) is 0.650. The summed E-state index contributed by atoms with van der Waals surface area (Å²) in [5.74, 6) is -0.540. The van der Waals surface area contributed by atoms with Crippen LogP contribution in [0, 0.1) is 0 Å². The summed E-state index contributed by atoms with van der Waals surface area (Å²) in [7, 11) is 3.27. The van der Waals surface area contributed by atoms with Crippen molar-refractivity contribution in [3.63, 3.8) is 0 Å². The molecule has 0 spiro atoms. The molecule has 2 heterocycles. The molecule has 0 saturated heterocycles. The molecule has 1 aromatic heterocycles. The summed E-state index contributed by atoms with van der Waals surface area (Å²) in [6, 6.07) is 15.3. The van der Waals surface area contributed by atoms with E-state index in [4.69, 9.17) is 0 Å². The van der Waals surface area contributed by atoms with Crippen LogP contribution < -0.4 is 14.7 Å². The highest BCUT2D eigenvalue weighted by molar-refractivity contribution is 7.99.